The first kappa shape index (κ1) is 33.6. The lowest BCUT2D eigenvalue weighted by Gasteiger charge is -2.26. The molecular weight excluding hydrogens is 574 g/mol. The second-order valence-electron chi connectivity index (χ2n) is 12.4. The van der Waals surface area contributed by atoms with Crippen molar-refractivity contribution >= 4 is 40.6 Å². The quantitative estimate of drug-likeness (QED) is 0.198. The van der Waals surface area contributed by atoms with Gasteiger partial charge in [0.25, 0.3) is 0 Å². The van der Waals surface area contributed by atoms with E-state index < -0.39 is 23.6 Å². The number of ether oxygens (including phenoxy) is 2. The normalized spacial score (nSPS) is 13.7. The summed E-state index contributed by atoms with van der Waals surface area (Å²) in [5.41, 5.74) is 2.32. The maximum absolute atomic E-state index is 13.5. The van der Waals surface area contributed by atoms with Gasteiger partial charge in [0.2, 0.25) is 11.8 Å². The molecule has 11 nitrogen and oxygen atoms in total. The van der Waals surface area contributed by atoms with Crippen LogP contribution in [0, 0.1) is 5.92 Å². The fraction of sp³-hybridized carbons (Fsp3) is 0.500. The number of aromatic amines is 1. The van der Waals surface area contributed by atoms with Gasteiger partial charge in [0.05, 0.1) is 19.1 Å². The number of pyridine rings is 1. The lowest BCUT2D eigenvalue weighted by atomic mass is 9.98. The van der Waals surface area contributed by atoms with Gasteiger partial charge >= 0.3 is 12.1 Å². The fourth-order valence-corrected chi connectivity index (χ4v) is 5.07. The van der Waals surface area contributed by atoms with E-state index in [1.807, 2.05) is 36.5 Å². The largest absolute Gasteiger partial charge is 0.466 e. The number of hydrogen-bond acceptors (Lipinski definition) is 8. The number of esters is 1. The second-order valence-corrected chi connectivity index (χ2v) is 12.4. The van der Waals surface area contributed by atoms with E-state index in [0.717, 1.165) is 34.9 Å². The van der Waals surface area contributed by atoms with E-state index in [2.05, 4.69) is 20.6 Å². The number of fused-ring (bicyclic) bond motifs is 1. The Balaban J connectivity index is 1.40. The molecule has 0 spiro atoms. The van der Waals surface area contributed by atoms with Crippen LogP contribution in [0.1, 0.15) is 70.9 Å². The van der Waals surface area contributed by atoms with Gasteiger partial charge in [-0.05, 0) is 95.5 Å². The highest BCUT2D eigenvalue weighted by Crippen LogP contribution is 2.23. The minimum Gasteiger partial charge on any atom is -0.466 e. The minimum absolute atomic E-state index is 0.0373. The van der Waals surface area contributed by atoms with Crippen molar-refractivity contribution in [1.29, 1.82) is 0 Å². The Morgan fingerprint density at radius 1 is 1.09 bits per heavy atom. The van der Waals surface area contributed by atoms with E-state index in [-0.39, 0.29) is 37.9 Å². The summed E-state index contributed by atoms with van der Waals surface area (Å²) >= 11 is 0. The molecule has 1 aliphatic carbocycles. The number of carbonyl (C=O) groups is 4. The molecule has 3 aromatic rings. The van der Waals surface area contributed by atoms with Gasteiger partial charge in [-0.15, -0.1) is 0 Å². The van der Waals surface area contributed by atoms with Gasteiger partial charge in [-0.3, -0.25) is 24.6 Å². The lowest BCUT2D eigenvalue weighted by molar-refractivity contribution is -0.152. The number of nitrogens with zero attached hydrogens (tertiary/aromatic N) is 2. The zero-order valence-corrected chi connectivity index (χ0v) is 26.7. The van der Waals surface area contributed by atoms with Gasteiger partial charge in [0.1, 0.15) is 11.4 Å². The highest BCUT2D eigenvalue weighted by molar-refractivity contribution is 5.96. The monoisotopic (exact) mass is 619 g/mol. The first-order chi connectivity index (χ1) is 21.5. The van der Waals surface area contributed by atoms with Crippen LogP contribution < -0.4 is 10.6 Å². The summed E-state index contributed by atoms with van der Waals surface area (Å²) in [4.78, 5) is 60.8. The Morgan fingerprint density at radius 3 is 2.60 bits per heavy atom. The standard InChI is InChI=1S/C34H45N5O6/c1-5-44-32(42)25(14-13-24-20-37-28-11-7-6-10-27(24)28)22-39(31(41)21-36-26-15-16-26)30(40)12-8-9-23-17-18-35-29(19-23)38-33(43)45-34(2,3)4/h6-7,10-11,17-20,25-26,36-37H,5,8-9,12-16,21-22H2,1-4H3,(H,35,38,43)/t25-/m1/s1. The number of H-pyrrole nitrogens is 1. The predicted octanol–water partition coefficient (Wildman–Crippen LogP) is 5.15. The molecule has 4 rings (SSSR count). The molecule has 3 amide bonds. The van der Waals surface area contributed by atoms with Gasteiger partial charge in [-0.2, -0.15) is 0 Å². The number of aromatic nitrogens is 2. The Labute approximate surface area is 264 Å². The van der Waals surface area contributed by atoms with Crippen LogP contribution in [0.4, 0.5) is 10.6 Å². The Kier molecular flexibility index (Phi) is 11.7. The Morgan fingerprint density at radius 2 is 1.87 bits per heavy atom. The van der Waals surface area contributed by atoms with Crippen LogP contribution >= 0.6 is 0 Å². The topological polar surface area (TPSA) is 143 Å². The molecule has 1 saturated carbocycles. The maximum atomic E-state index is 13.5. The minimum atomic E-state index is -0.658. The van der Waals surface area contributed by atoms with Gasteiger partial charge in [0.15, 0.2) is 0 Å². The van der Waals surface area contributed by atoms with Crippen LogP contribution in [0.3, 0.4) is 0 Å². The average Bonchev–Trinajstić information content (AvgIpc) is 3.73. The Hall–Kier alpha value is -4.25. The Bertz CT molecular complexity index is 1470. The highest BCUT2D eigenvalue weighted by atomic mass is 16.6. The number of carbonyl (C=O) groups excluding carboxylic acids is 4. The third kappa shape index (κ3) is 10.7. The molecule has 1 atom stereocenters. The summed E-state index contributed by atoms with van der Waals surface area (Å²) in [7, 11) is 0. The number of aryl methyl sites for hydroxylation is 2. The third-order valence-electron chi connectivity index (χ3n) is 7.49. The number of nitrogens with one attached hydrogen (secondary N) is 3. The van der Waals surface area contributed by atoms with Crippen molar-refractivity contribution in [1.82, 2.24) is 20.2 Å². The van der Waals surface area contributed by atoms with Gasteiger partial charge in [0, 0.05) is 42.3 Å². The van der Waals surface area contributed by atoms with E-state index in [4.69, 9.17) is 9.47 Å². The van der Waals surface area contributed by atoms with Gasteiger partial charge in [-0.1, -0.05) is 18.2 Å². The number of anilines is 1. The zero-order valence-electron chi connectivity index (χ0n) is 26.7. The molecule has 242 valence electrons. The van der Waals surface area contributed by atoms with Crippen molar-refractivity contribution < 1.29 is 28.7 Å². The molecule has 11 heteroatoms. The first-order valence-electron chi connectivity index (χ1n) is 15.8. The molecule has 1 aromatic carbocycles. The van der Waals surface area contributed by atoms with Crippen LogP contribution in [-0.4, -0.2) is 70.1 Å². The molecular formula is C34H45N5O6. The van der Waals surface area contributed by atoms with Crippen molar-refractivity contribution in [2.45, 2.75) is 84.3 Å². The van der Waals surface area contributed by atoms with Crippen molar-refractivity contribution in [3.8, 4) is 0 Å². The van der Waals surface area contributed by atoms with E-state index in [1.54, 1.807) is 40.0 Å². The van der Waals surface area contributed by atoms with E-state index in [0.29, 0.717) is 37.5 Å². The van der Waals surface area contributed by atoms with Crippen LogP contribution in [0.15, 0.2) is 48.8 Å². The number of benzene rings is 1. The summed E-state index contributed by atoms with van der Waals surface area (Å²) in [6, 6.07) is 11.8. The highest BCUT2D eigenvalue weighted by Gasteiger charge is 2.31. The number of para-hydroxylation sites is 1. The third-order valence-corrected chi connectivity index (χ3v) is 7.49. The average molecular weight is 620 g/mol. The molecule has 0 radical (unpaired) electrons. The smallest absolute Gasteiger partial charge is 0.413 e. The molecule has 1 aliphatic rings. The van der Waals surface area contributed by atoms with Gasteiger partial charge in [-0.25, -0.2) is 9.78 Å². The van der Waals surface area contributed by atoms with Crippen LogP contribution in [0.2, 0.25) is 0 Å². The lowest BCUT2D eigenvalue weighted by Crippen LogP contribution is -2.46. The number of hydrogen-bond donors (Lipinski definition) is 3. The number of amides is 3. The van der Waals surface area contributed by atoms with E-state index in [9.17, 15) is 19.2 Å². The summed E-state index contributed by atoms with van der Waals surface area (Å²) in [5.74, 6) is -1.40. The molecule has 2 heterocycles. The van der Waals surface area contributed by atoms with Crippen molar-refractivity contribution in [3.63, 3.8) is 0 Å². The summed E-state index contributed by atoms with van der Waals surface area (Å²) in [5, 5.41) is 6.91. The van der Waals surface area contributed by atoms with Crippen molar-refractivity contribution in [3.05, 3.63) is 59.9 Å². The van der Waals surface area contributed by atoms with E-state index >= 15 is 0 Å². The predicted molar refractivity (Wildman–Crippen MR) is 172 cm³/mol. The van der Waals surface area contributed by atoms with Crippen LogP contribution in [-0.2, 0) is 36.7 Å². The van der Waals surface area contributed by atoms with Crippen LogP contribution in [0.25, 0.3) is 10.9 Å². The maximum Gasteiger partial charge on any atom is 0.413 e. The second kappa shape index (κ2) is 15.7. The van der Waals surface area contributed by atoms with E-state index in [1.165, 1.54) is 4.90 Å². The van der Waals surface area contributed by atoms with Gasteiger partial charge < -0.3 is 19.8 Å². The molecule has 0 unspecified atom stereocenters. The summed E-state index contributed by atoms with van der Waals surface area (Å²) < 4.78 is 10.7. The number of imide groups is 1. The molecule has 0 saturated heterocycles. The molecule has 0 bridgehead atoms. The van der Waals surface area contributed by atoms with Crippen LogP contribution in [0.5, 0.6) is 0 Å². The summed E-state index contributed by atoms with van der Waals surface area (Å²) in [6.45, 7) is 7.30. The molecule has 0 aliphatic heterocycles. The molecule has 45 heavy (non-hydrogen) atoms. The number of rotatable bonds is 15. The molecule has 1 fully saturated rings. The van der Waals surface area contributed by atoms with Crippen molar-refractivity contribution in [2.75, 3.05) is 25.0 Å². The fourth-order valence-electron chi connectivity index (χ4n) is 5.07. The molecule has 3 N–H and O–H groups in total. The zero-order chi connectivity index (χ0) is 32.4. The summed E-state index contributed by atoms with van der Waals surface area (Å²) in [6.07, 6.45) is 7.07. The first-order valence-corrected chi connectivity index (χ1v) is 15.8. The van der Waals surface area contributed by atoms with Crippen molar-refractivity contribution in [2.24, 2.45) is 5.92 Å². The SMILES string of the molecule is CCOC(=O)[C@H](CCc1c[nH]c2ccccc12)CN(C(=O)CCCc1ccnc(NC(=O)OC(C)(C)C)c1)C(=O)CNC1CC1. The molecule has 2 aromatic heterocycles.